The predicted molar refractivity (Wildman–Crippen MR) is 153 cm³/mol. The van der Waals surface area contributed by atoms with Crippen LogP contribution >= 0.6 is 8.73 Å². The minimum Gasteiger partial charge on any atom is -0.485 e. The van der Waals surface area contributed by atoms with Gasteiger partial charge in [-0.15, -0.1) is 0 Å². The van der Waals surface area contributed by atoms with E-state index in [0.717, 1.165) is 97.6 Å². The van der Waals surface area contributed by atoms with E-state index in [0.29, 0.717) is 0 Å². The van der Waals surface area contributed by atoms with Crippen LogP contribution in [0.1, 0.15) is 77.7 Å². The number of carbonyl (C=O) groups is 1. The zero-order valence-electron chi connectivity index (χ0n) is 23.6. The first-order chi connectivity index (χ1) is 17.8. The molecule has 2 saturated heterocycles. The Morgan fingerprint density at radius 2 is 1.76 bits per heavy atom. The summed E-state index contributed by atoms with van der Waals surface area (Å²) >= 11 is 0. The number of hydrogen-bond acceptors (Lipinski definition) is 6. The number of anilines is 1. The average Bonchev–Trinajstić information content (AvgIpc) is 2.93. The van der Waals surface area contributed by atoms with E-state index in [1.165, 1.54) is 43.8 Å². The fraction of sp³-hybridized carbons (Fsp3) is 0.793. The SMILES string of the molecule is COC(C)(C)C.O=CN1CCC2(CCc3cc(N4CCN(PCC5CCCCC5)CC4)ncc3O2)CC1. The number of amides is 1. The number of ether oxygens (including phenoxy) is 2. The predicted octanol–water partition coefficient (Wildman–Crippen LogP) is 5.12. The van der Waals surface area contributed by atoms with E-state index in [9.17, 15) is 4.79 Å². The van der Waals surface area contributed by atoms with E-state index in [2.05, 4.69) is 15.6 Å². The summed E-state index contributed by atoms with van der Waals surface area (Å²) < 4.78 is 14.1. The third-order valence-corrected chi connectivity index (χ3v) is 10.2. The van der Waals surface area contributed by atoms with E-state index >= 15 is 0 Å². The number of likely N-dealkylation sites (tertiary alicyclic amines) is 1. The van der Waals surface area contributed by atoms with Crippen molar-refractivity contribution in [3.05, 3.63) is 17.8 Å². The lowest BCUT2D eigenvalue weighted by atomic mass is 9.83. The van der Waals surface area contributed by atoms with Gasteiger partial charge in [0.1, 0.15) is 17.2 Å². The highest BCUT2D eigenvalue weighted by Gasteiger charge is 2.39. The number of carbonyl (C=O) groups excluding carboxylic acids is 1. The number of fused-ring (bicyclic) bond motifs is 1. The lowest BCUT2D eigenvalue weighted by molar-refractivity contribution is -0.121. The number of hydrogen-bond donors (Lipinski definition) is 0. The van der Waals surface area contributed by atoms with Crippen LogP contribution in [-0.2, 0) is 16.0 Å². The van der Waals surface area contributed by atoms with Crippen molar-refractivity contribution < 1.29 is 14.3 Å². The normalized spacial score (nSPS) is 22.9. The van der Waals surface area contributed by atoms with E-state index in [-0.39, 0.29) is 11.2 Å². The summed E-state index contributed by atoms with van der Waals surface area (Å²) in [5.74, 6) is 3.06. The van der Waals surface area contributed by atoms with Crippen LogP contribution in [0.25, 0.3) is 0 Å². The standard InChI is InChI=1S/C24H37N4O2P.C5H12O/c29-19-26-10-8-24(9-11-26)7-6-21-16-23(25-17-22(21)30-24)27-12-14-28(15-13-27)31-18-20-4-2-1-3-5-20;1-5(2,3)6-4/h16-17,19-20,31H,1-15,18H2;1-4H3. The van der Waals surface area contributed by atoms with E-state index < -0.39 is 0 Å². The highest BCUT2D eigenvalue weighted by atomic mass is 31.1. The summed E-state index contributed by atoms with van der Waals surface area (Å²) in [6, 6.07) is 2.27. The molecule has 0 bridgehead atoms. The molecule has 0 radical (unpaired) electrons. The minimum atomic E-state index is -0.0966. The van der Waals surface area contributed by atoms with Gasteiger partial charge in [0.25, 0.3) is 0 Å². The molecule has 1 atom stereocenters. The van der Waals surface area contributed by atoms with Crippen molar-refractivity contribution in [1.29, 1.82) is 0 Å². The molecule has 3 fully saturated rings. The van der Waals surface area contributed by atoms with Crippen LogP contribution in [0.15, 0.2) is 12.3 Å². The zero-order chi connectivity index (χ0) is 26.3. The van der Waals surface area contributed by atoms with Gasteiger partial charge in [-0.1, -0.05) is 40.8 Å². The van der Waals surface area contributed by atoms with Crippen LogP contribution in [0.4, 0.5) is 5.82 Å². The Morgan fingerprint density at radius 1 is 1.08 bits per heavy atom. The molecule has 7 nitrogen and oxygen atoms in total. The smallest absolute Gasteiger partial charge is 0.209 e. The van der Waals surface area contributed by atoms with Crippen molar-refractivity contribution in [2.45, 2.75) is 89.8 Å². The molecular formula is C29H49N4O3P. The molecule has 8 heteroatoms. The van der Waals surface area contributed by atoms with Gasteiger partial charge in [-0.05, 0) is 57.3 Å². The summed E-state index contributed by atoms with van der Waals surface area (Å²) in [5.41, 5.74) is 1.25. The second-order valence-corrected chi connectivity index (χ2v) is 13.6. The molecule has 0 N–H and O–H groups in total. The van der Waals surface area contributed by atoms with Crippen molar-refractivity contribution in [2.24, 2.45) is 5.92 Å². The molecule has 5 rings (SSSR count). The molecule has 1 saturated carbocycles. The Balaban J connectivity index is 0.000000480. The molecule has 1 aromatic rings. The lowest BCUT2D eigenvalue weighted by Crippen LogP contribution is -2.49. The monoisotopic (exact) mass is 532 g/mol. The fourth-order valence-electron chi connectivity index (χ4n) is 5.71. The second kappa shape index (κ2) is 13.1. The molecular weight excluding hydrogens is 483 g/mol. The highest BCUT2D eigenvalue weighted by Crippen LogP contribution is 2.40. The van der Waals surface area contributed by atoms with Gasteiger partial charge < -0.3 is 19.3 Å². The van der Waals surface area contributed by atoms with Crippen LogP contribution < -0.4 is 9.64 Å². The summed E-state index contributed by atoms with van der Waals surface area (Å²) in [5, 5.41) is 0. The van der Waals surface area contributed by atoms with Gasteiger partial charge in [0.05, 0.1) is 11.8 Å². The van der Waals surface area contributed by atoms with E-state index in [1.54, 1.807) is 7.11 Å². The van der Waals surface area contributed by atoms with Crippen LogP contribution in [0.3, 0.4) is 0 Å². The topological polar surface area (TPSA) is 58.1 Å². The van der Waals surface area contributed by atoms with Crippen LogP contribution in [0, 0.1) is 5.92 Å². The Morgan fingerprint density at radius 3 is 2.38 bits per heavy atom. The maximum absolute atomic E-state index is 11.0. The van der Waals surface area contributed by atoms with Crippen molar-refractivity contribution in [1.82, 2.24) is 14.6 Å². The molecule has 1 aliphatic carbocycles. The molecule has 1 amide bonds. The van der Waals surface area contributed by atoms with Crippen LogP contribution in [0.2, 0.25) is 0 Å². The second-order valence-electron chi connectivity index (χ2n) is 12.2. The highest BCUT2D eigenvalue weighted by molar-refractivity contribution is 7.35. The Labute approximate surface area is 226 Å². The average molecular weight is 533 g/mol. The molecule has 208 valence electrons. The Bertz CT molecular complexity index is 855. The third-order valence-electron chi connectivity index (χ3n) is 8.51. The summed E-state index contributed by atoms with van der Waals surface area (Å²) in [6.45, 7) is 12.2. The van der Waals surface area contributed by atoms with Crippen LogP contribution in [-0.4, -0.2) is 84.7 Å². The number of aryl methyl sites for hydroxylation is 1. The Hall–Kier alpha value is -1.43. The van der Waals surface area contributed by atoms with Crippen LogP contribution in [0.5, 0.6) is 5.75 Å². The number of aromatic nitrogens is 1. The molecule has 1 spiro atoms. The Kier molecular flexibility index (Phi) is 10.1. The number of pyridine rings is 1. The molecule has 37 heavy (non-hydrogen) atoms. The first-order valence-electron chi connectivity index (χ1n) is 14.4. The number of piperidine rings is 1. The van der Waals surface area contributed by atoms with Crippen molar-refractivity contribution in [2.75, 3.05) is 57.4 Å². The summed E-state index contributed by atoms with van der Waals surface area (Å²) in [7, 11) is 2.71. The van der Waals surface area contributed by atoms with Gasteiger partial charge >= 0.3 is 0 Å². The number of piperazine rings is 1. The molecule has 3 aliphatic heterocycles. The minimum absolute atomic E-state index is 0.0417. The van der Waals surface area contributed by atoms with Crippen molar-refractivity contribution in [3.63, 3.8) is 0 Å². The molecule has 1 unspecified atom stereocenters. The van der Waals surface area contributed by atoms with Crippen molar-refractivity contribution in [3.8, 4) is 5.75 Å². The van der Waals surface area contributed by atoms with E-state index in [4.69, 9.17) is 14.5 Å². The van der Waals surface area contributed by atoms with Crippen molar-refractivity contribution >= 4 is 21.0 Å². The maximum Gasteiger partial charge on any atom is 0.209 e. The van der Waals surface area contributed by atoms with Gasteiger partial charge in [0, 0.05) is 59.2 Å². The van der Waals surface area contributed by atoms with Gasteiger partial charge in [-0.25, -0.2) is 4.98 Å². The number of methoxy groups -OCH3 is 1. The number of rotatable bonds is 5. The summed E-state index contributed by atoms with van der Waals surface area (Å²) in [4.78, 5) is 20.1. The van der Waals surface area contributed by atoms with Gasteiger partial charge in [0.15, 0.2) is 0 Å². The first kappa shape index (κ1) is 28.6. The van der Waals surface area contributed by atoms with Gasteiger partial charge in [-0.3, -0.25) is 9.46 Å². The quantitative estimate of drug-likeness (QED) is 0.387. The van der Waals surface area contributed by atoms with Gasteiger partial charge in [0.2, 0.25) is 6.41 Å². The molecule has 4 heterocycles. The first-order valence-corrected chi connectivity index (χ1v) is 15.6. The summed E-state index contributed by atoms with van der Waals surface area (Å²) in [6.07, 6.45) is 15.6. The zero-order valence-corrected chi connectivity index (χ0v) is 24.6. The van der Waals surface area contributed by atoms with E-state index in [1.807, 2.05) is 31.9 Å². The fourth-order valence-corrected chi connectivity index (χ4v) is 7.15. The maximum atomic E-state index is 11.0. The largest absolute Gasteiger partial charge is 0.485 e. The molecule has 1 aromatic heterocycles. The lowest BCUT2D eigenvalue weighted by Gasteiger charge is -2.44. The third kappa shape index (κ3) is 8.28. The van der Waals surface area contributed by atoms with Gasteiger partial charge in [-0.2, -0.15) is 0 Å². The molecule has 4 aliphatic rings. The number of nitrogens with zero attached hydrogens (tertiary/aromatic N) is 4. The molecule has 0 aromatic carbocycles.